The fraction of sp³-hybridized carbons (Fsp3) is 0.761. The Morgan fingerprint density at radius 3 is 2.28 bits per heavy atom. The number of alkyl halides is 1. The molecule has 3 heterocycles. The Morgan fingerprint density at radius 2 is 1.64 bits per heavy atom. The Bertz CT molecular complexity index is 1620. The van der Waals surface area contributed by atoms with Crippen molar-refractivity contribution in [2.24, 2.45) is 29.6 Å². The maximum Gasteiger partial charge on any atom is 0.329 e. The van der Waals surface area contributed by atoms with E-state index in [9.17, 15) is 34.2 Å². The molecule has 4 rings (SSSR count). The van der Waals surface area contributed by atoms with Crippen molar-refractivity contribution in [3.05, 3.63) is 36.0 Å². The summed E-state index contributed by atoms with van der Waals surface area (Å²) in [5, 5.41) is 23.9. The summed E-state index contributed by atoms with van der Waals surface area (Å²) in [4.78, 5) is 70.2. The summed E-state index contributed by atoms with van der Waals surface area (Å²) in [7, 11) is 4.61. The number of hydrogen-bond acceptors (Lipinski definition) is 13. The predicted molar refractivity (Wildman–Crippen MR) is 230 cm³/mol. The van der Waals surface area contributed by atoms with Crippen molar-refractivity contribution in [3.8, 4) is 0 Å². The van der Waals surface area contributed by atoms with Gasteiger partial charge in [0, 0.05) is 52.0 Å². The number of ketones is 2. The van der Waals surface area contributed by atoms with Crippen molar-refractivity contribution in [1.82, 2.24) is 4.90 Å². The van der Waals surface area contributed by atoms with Crippen LogP contribution in [-0.2, 0) is 52.4 Å². The first-order valence-corrected chi connectivity index (χ1v) is 23.0. The van der Waals surface area contributed by atoms with Crippen molar-refractivity contribution < 1.29 is 62.6 Å². The lowest BCUT2D eigenvalue weighted by atomic mass is 9.81. The number of esters is 2. The highest BCUT2D eigenvalue weighted by Gasteiger charge is 2.56. The van der Waals surface area contributed by atoms with Crippen LogP contribution in [0.4, 0.5) is 0 Å². The molecule has 0 aromatic heterocycles. The van der Waals surface area contributed by atoms with Crippen molar-refractivity contribution in [3.63, 3.8) is 0 Å². The van der Waals surface area contributed by atoms with E-state index in [4.69, 9.17) is 28.4 Å². The van der Waals surface area contributed by atoms with Gasteiger partial charge in [0.25, 0.3) is 11.7 Å². The molecular weight excluding hydrogens is 854 g/mol. The lowest BCUT2D eigenvalue weighted by Gasteiger charge is -2.47. The SMILES string of the molecule is C=CC[C@@H]1/C=C(\C)C[C@H](C)C[C@H](OC)[C@H]2O[C@@](O)(C(=O)C(=O)N3CCCC[C@H]3C(=O)O[C@H](/C(C)=C\C3CC[C@@H](OC(=O)CBr)[C@H](OC)C3)[C@H](C)[C@@H](O)CC1=O)[C@H](C)C[C@@H]2OC. The van der Waals surface area contributed by atoms with Gasteiger partial charge < -0.3 is 43.5 Å². The van der Waals surface area contributed by atoms with Gasteiger partial charge in [-0.25, -0.2) is 4.79 Å². The summed E-state index contributed by atoms with van der Waals surface area (Å²) in [5.74, 6) is -8.34. The molecule has 0 aromatic rings. The molecule has 3 fully saturated rings. The van der Waals surface area contributed by atoms with Gasteiger partial charge in [-0.15, -0.1) is 6.58 Å². The number of halogens is 1. The number of carbonyl (C=O) groups excluding carboxylic acids is 5. The summed E-state index contributed by atoms with van der Waals surface area (Å²) in [6.07, 6.45) is 4.82. The fourth-order valence-electron chi connectivity index (χ4n) is 9.74. The molecule has 1 aliphatic carbocycles. The molecule has 61 heavy (non-hydrogen) atoms. The van der Waals surface area contributed by atoms with Gasteiger partial charge in [-0.3, -0.25) is 19.2 Å². The van der Waals surface area contributed by atoms with E-state index in [1.807, 2.05) is 26.0 Å². The van der Waals surface area contributed by atoms with E-state index in [0.717, 1.165) is 5.57 Å². The van der Waals surface area contributed by atoms with Crippen LogP contribution in [0.15, 0.2) is 36.0 Å². The number of amides is 1. The maximum absolute atomic E-state index is 14.4. The number of allylic oxidation sites excluding steroid dienone is 4. The summed E-state index contributed by atoms with van der Waals surface area (Å²) in [6, 6.07) is -1.17. The minimum Gasteiger partial charge on any atom is -0.459 e. The Balaban J connectivity index is 1.76. The van der Waals surface area contributed by atoms with E-state index in [-0.39, 0.29) is 60.8 Å². The minimum absolute atomic E-state index is 0.00220. The topological polar surface area (TPSA) is 184 Å². The van der Waals surface area contributed by atoms with Crippen molar-refractivity contribution in [2.45, 2.75) is 160 Å². The number of aliphatic hydroxyl groups excluding tert-OH is 1. The molecule has 1 amide bonds. The van der Waals surface area contributed by atoms with Gasteiger partial charge >= 0.3 is 11.9 Å². The Kier molecular flexibility index (Phi) is 19.4. The van der Waals surface area contributed by atoms with E-state index in [2.05, 4.69) is 22.5 Å². The molecule has 0 aromatic carbocycles. The van der Waals surface area contributed by atoms with Gasteiger partial charge in [-0.2, -0.15) is 0 Å². The third-order valence-corrected chi connectivity index (χ3v) is 13.7. The fourth-order valence-corrected chi connectivity index (χ4v) is 9.87. The second kappa shape index (κ2) is 23.2. The van der Waals surface area contributed by atoms with Crippen molar-refractivity contribution >= 4 is 45.3 Å². The third-order valence-electron chi connectivity index (χ3n) is 13.2. The van der Waals surface area contributed by atoms with Crippen LogP contribution in [0.1, 0.15) is 105 Å². The van der Waals surface area contributed by atoms with E-state index >= 15 is 0 Å². The average molecular weight is 925 g/mol. The first kappa shape index (κ1) is 50.9. The molecule has 1 unspecified atom stereocenters. The number of rotatable bonds is 9. The van der Waals surface area contributed by atoms with Gasteiger partial charge in [0.15, 0.2) is 0 Å². The largest absolute Gasteiger partial charge is 0.459 e. The predicted octanol–water partition coefficient (Wildman–Crippen LogP) is 5.58. The van der Waals surface area contributed by atoms with Gasteiger partial charge in [-0.1, -0.05) is 60.5 Å². The highest BCUT2D eigenvalue weighted by Crippen LogP contribution is 2.39. The number of carbonyl (C=O) groups is 5. The summed E-state index contributed by atoms with van der Waals surface area (Å²) >= 11 is 3.14. The van der Waals surface area contributed by atoms with Crippen LogP contribution >= 0.6 is 15.9 Å². The normalized spacial score (nSPS) is 38.9. The smallest absolute Gasteiger partial charge is 0.329 e. The van der Waals surface area contributed by atoms with E-state index in [1.165, 1.54) is 19.1 Å². The van der Waals surface area contributed by atoms with E-state index in [1.54, 1.807) is 34.0 Å². The molecule has 0 spiro atoms. The van der Waals surface area contributed by atoms with Crippen LogP contribution < -0.4 is 0 Å². The zero-order valence-electron chi connectivity index (χ0n) is 37.3. The Morgan fingerprint density at radius 1 is 0.967 bits per heavy atom. The summed E-state index contributed by atoms with van der Waals surface area (Å²) in [5.41, 5.74) is 1.58. The molecule has 15 heteroatoms. The number of ether oxygens (including phenoxy) is 6. The molecule has 0 radical (unpaired) electrons. The number of methoxy groups -OCH3 is 3. The number of piperidine rings is 1. The second-order valence-electron chi connectivity index (χ2n) is 17.9. The molecule has 344 valence electrons. The average Bonchev–Trinajstić information content (AvgIpc) is 3.24. The lowest BCUT2D eigenvalue weighted by molar-refractivity contribution is -0.302. The number of fused-ring (bicyclic) bond motifs is 3. The van der Waals surface area contributed by atoms with Crippen LogP contribution in [0, 0.1) is 29.6 Å². The van der Waals surface area contributed by atoms with Gasteiger partial charge in [-0.05, 0) is 95.5 Å². The second-order valence-corrected chi connectivity index (χ2v) is 18.4. The molecule has 14 atom stereocenters. The van der Waals surface area contributed by atoms with Crippen LogP contribution in [-0.4, -0.2) is 132 Å². The molecule has 14 nitrogen and oxygen atoms in total. The van der Waals surface area contributed by atoms with Gasteiger partial charge in [0.2, 0.25) is 5.79 Å². The van der Waals surface area contributed by atoms with Crippen LogP contribution in [0.25, 0.3) is 0 Å². The molecule has 2 N–H and O–H groups in total. The Hall–Kier alpha value is -2.79. The van der Waals surface area contributed by atoms with E-state index in [0.29, 0.717) is 56.9 Å². The first-order chi connectivity index (χ1) is 28.9. The molecular formula is C46H70BrNO13. The van der Waals surface area contributed by atoms with Crippen molar-refractivity contribution in [2.75, 3.05) is 33.2 Å². The number of hydrogen-bond donors (Lipinski definition) is 2. The minimum atomic E-state index is -2.53. The molecule has 4 aliphatic rings. The first-order valence-electron chi connectivity index (χ1n) is 21.9. The number of aliphatic hydroxyl groups is 2. The highest BCUT2D eigenvalue weighted by molar-refractivity contribution is 9.09. The van der Waals surface area contributed by atoms with Crippen molar-refractivity contribution in [1.29, 1.82) is 0 Å². The van der Waals surface area contributed by atoms with Crippen LogP contribution in [0.3, 0.4) is 0 Å². The summed E-state index contributed by atoms with van der Waals surface area (Å²) < 4.78 is 35.6. The molecule has 3 aliphatic heterocycles. The lowest BCUT2D eigenvalue weighted by Crippen LogP contribution is -2.64. The van der Waals surface area contributed by atoms with Crippen LogP contribution in [0.2, 0.25) is 0 Å². The monoisotopic (exact) mass is 923 g/mol. The number of cyclic esters (lactones) is 1. The maximum atomic E-state index is 14.4. The summed E-state index contributed by atoms with van der Waals surface area (Å²) in [6.45, 7) is 13.1. The van der Waals surface area contributed by atoms with E-state index < -0.39 is 83.9 Å². The highest BCUT2D eigenvalue weighted by atomic mass is 79.9. The Labute approximate surface area is 370 Å². The van der Waals surface area contributed by atoms with Gasteiger partial charge in [0.1, 0.15) is 35.5 Å². The molecule has 2 saturated heterocycles. The number of Topliss-reactive ketones (excluding diaryl/α,β-unsaturated/α-hetero) is 2. The zero-order valence-corrected chi connectivity index (χ0v) is 38.9. The molecule has 2 bridgehead atoms. The van der Waals surface area contributed by atoms with Crippen LogP contribution in [0.5, 0.6) is 0 Å². The third kappa shape index (κ3) is 12.7. The number of nitrogens with zero attached hydrogens (tertiary/aromatic N) is 1. The molecule has 1 saturated carbocycles. The zero-order chi connectivity index (χ0) is 45.2. The van der Waals surface area contributed by atoms with Gasteiger partial charge in [0.05, 0.1) is 24.4 Å². The standard InChI is InChI=1S/C46H70BrNO13/c1-10-13-32-19-26(2)18-27(3)20-38(57-8)42-39(58-9)22-29(5)46(55,61-42)43(52)44(53)48-17-12-11-14-33(48)45(54)60-41(30(6)34(49)24-35(32)50)28(4)21-31-15-16-36(37(23-31)56-7)59-40(51)25-47/h10,19,21,27,29-34,36-39,41-42,49,55H,1,11-18,20,22-25H2,2-9H3/b26-19+,28-21-/t27-,29+,30+,31?,32+,33-,34-,36+,37+,38-,39-,41+,42+,46+/m0/s1. The quantitative estimate of drug-likeness (QED) is 0.127.